The second-order valence-corrected chi connectivity index (χ2v) is 8.58. The van der Waals surface area contributed by atoms with Gasteiger partial charge in [-0.2, -0.15) is 0 Å². The van der Waals surface area contributed by atoms with Crippen LogP contribution >= 0.6 is 11.6 Å². The van der Waals surface area contributed by atoms with Crippen LogP contribution in [0.2, 0.25) is 5.02 Å². The molecule has 2 aromatic carbocycles. The topological polar surface area (TPSA) is 58.6 Å². The summed E-state index contributed by atoms with van der Waals surface area (Å²) >= 11 is 6.27. The molecule has 3 rings (SSSR count). The van der Waals surface area contributed by atoms with Gasteiger partial charge in [0.2, 0.25) is 0 Å². The summed E-state index contributed by atoms with van der Waals surface area (Å²) < 4.78 is 5.60. The zero-order valence-electron chi connectivity index (χ0n) is 19.3. The van der Waals surface area contributed by atoms with Crippen molar-refractivity contribution in [3.05, 3.63) is 69.4 Å². The van der Waals surface area contributed by atoms with Gasteiger partial charge in [0.25, 0.3) is 11.8 Å². The van der Waals surface area contributed by atoms with E-state index in [4.69, 9.17) is 16.3 Å². The monoisotopic (exact) mass is 454 g/mol. The fraction of sp³-hybridized carbons (Fsp3) is 0.385. The van der Waals surface area contributed by atoms with Crippen molar-refractivity contribution < 1.29 is 14.3 Å². The Bertz CT molecular complexity index is 1050. The number of halogens is 1. The highest BCUT2D eigenvalue weighted by atomic mass is 35.5. The normalized spacial score (nSPS) is 14.0. The Labute approximate surface area is 195 Å². The Morgan fingerprint density at radius 2 is 1.72 bits per heavy atom. The van der Waals surface area contributed by atoms with Crippen LogP contribution in [0.15, 0.2) is 42.1 Å². The number of nitrogens with zero attached hydrogens (tertiary/aromatic N) is 1. The highest BCUT2D eigenvalue weighted by Gasteiger charge is 2.39. The summed E-state index contributed by atoms with van der Waals surface area (Å²) in [6, 6.07) is 11.3. The minimum Gasteiger partial charge on any atom is -0.381 e. The lowest BCUT2D eigenvalue weighted by atomic mass is 9.99. The maximum Gasteiger partial charge on any atom is 0.278 e. The number of hydrogen-bond donors (Lipinski definition) is 1. The Kier molecular flexibility index (Phi) is 8.10. The molecule has 1 aliphatic rings. The zero-order valence-corrected chi connectivity index (χ0v) is 20.0. The number of nitrogens with one attached hydrogen (secondary N) is 1. The van der Waals surface area contributed by atoms with Crippen molar-refractivity contribution in [3.63, 3.8) is 0 Å². The van der Waals surface area contributed by atoms with E-state index in [1.165, 1.54) is 4.90 Å². The molecule has 0 radical (unpaired) electrons. The summed E-state index contributed by atoms with van der Waals surface area (Å²) in [6.07, 6.45) is 2.68. The third kappa shape index (κ3) is 5.22. The van der Waals surface area contributed by atoms with Gasteiger partial charge >= 0.3 is 0 Å². The summed E-state index contributed by atoms with van der Waals surface area (Å²) in [5.41, 5.74) is 5.14. The lowest BCUT2D eigenvalue weighted by molar-refractivity contribution is -0.137. The van der Waals surface area contributed by atoms with E-state index in [1.807, 2.05) is 51.1 Å². The van der Waals surface area contributed by atoms with Crippen LogP contribution in [0, 0.1) is 20.8 Å². The summed E-state index contributed by atoms with van der Waals surface area (Å²) in [7, 11) is 0. The molecule has 0 atom stereocenters. The second-order valence-electron chi connectivity index (χ2n) is 8.17. The number of carbonyl (C=O) groups is 2. The van der Waals surface area contributed by atoms with E-state index in [0.717, 1.165) is 35.1 Å². The summed E-state index contributed by atoms with van der Waals surface area (Å²) in [6.45, 7) is 9.55. The molecular formula is C26H31ClN2O3. The van der Waals surface area contributed by atoms with Crippen LogP contribution in [0.3, 0.4) is 0 Å². The van der Waals surface area contributed by atoms with E-state index in [9.17, 15) is 9.59 Å². The van der Waals surface area contributed by atoms with Crippen LogP contribution in [0.4, 0.5) is 5.69 Å². The van der Waals surface area contributed by atoms with Gasteiger partial charge in [0, 0.05) is 30.5 Å². The smallest absolute Gasteiger partial charge is 0.278 e. The van der Waals surface area contributed by atoms with Gasteiger partial charge in [-0.3, -0.25) is 14.5 Å². The van der Waals surface area contributed by atoms with Gasteiger partial charge in [0.1, 0.15) is 5.70 Å². The molecule has 32 heavy (non-hydrogen) atoms. The average molecular weight is 455 g/mol. The van der Waals surface area contributed by atoms with Crippen molar-refractivity contribution in [2.45, 2.75) is 47.0 Å². The van der Waals surface area contributed by atoms with Gasteiger partial charge in [-0.25, -0.2) is 0 Å². The molecule has 0 aromatic heterocycles. The fourth-order valence-electron chi connectivity index (χ4n) is 3.61. The third-order valence-corrected chi connectivity index (χ3v) is 6.21. The fourth-order valence-corrected chi connectivity index (χ4v) is 3.79. The van der Waals surface area contributed by atoms with Gasteiger partial charge in [-0.1, -0.05) is 49.2 Å². The van der Waals surface area contributed by atoms with Gasteiger partial charge in [0.15, 0.2) is 0 Å². The summed E-state index contributed by atoms with van der Waals surface area (Å²) in [5.74, 6) is -0.606. The number of anilines is 1. The maximum absolute atomic E-state index is 13.4. The molecule has 0 spiro atoms. The van der Waals surface area contributed by atoms with Crippen LogP contribution in [0.1, 0.15) is 48.4 Å². The number of aryl methyl sites for hydroxylation is 2. The van der Waals surface area contributed by atoms with Gasteiger partial charge in [-0.05, 0) is 68.0 Å². The average Bonchev–Trinajstić information content (AvgIpc) is 3.00. The number of benzene rings is 2. The molecule has 5 nitrogen and oxygen atoms in total. The van der Waals surface area contributed by atoms with E-state index in [0.29, 0.717) is 42.5 Å². The first-order chi connectivity index (χ1) is 15.3. The first-order valence-corrected chi connectivity index (χ1v) is 11.5. The Balaban J connectivity index is 1.90. The van der Waals surface area contributed by atoms with Crippen LogP contribution in [-0.2, 0) is 14.3 Å². The highest BCUT2D eigenvalue weighted by Crippen LogP contribution is 2.33. The maximum atomic E-state index is 13.4. The third-order valence-electron chi connectivity index (χ3n) is 5.80. The van der Waals surface area contributed by atoms with Crippen molar-refractivity contribution >= 4 is 34.7 Å². The Morgan fingerprint density at radius 3 is 2.44 bits per heavy atom. The number of ether oxygens (including phenoxy) is 1. The van der Waals surface area contributed by atoms with Gasteiger partial charge in [-0.15, -0.1) is 0 Å². The molecule has 1 heterocycles. The molecule has 1 N–H and O–H groups in total. The van der Waals surface area contributed by atoms with Crippen molar-refractivity contribution in [2.75, 3.05) is 25.1 Å². The Hall–Kier alpha value is -2.63. The van der Waals surface area contributed by atoms with E-state index < -0.39 is 0 Å². The number of hydrogen-bond acceptors (Lipinski definition) is 4. The van der Waals surface area contributed by atoms with Crippen molar-refractivity contribution in [2.24, 2.45) is 0 Å². The molecule has 1 aliphatic heterocycles. The van der Waals surface area contributed by atoms with Crippen molar-refractivity contribution in [3.8, 4) is 0 Å². The van der Waals surface area contributed by atoms with E-state index >= 15 is 0 Å². The number of imide groups is 1. The van der Waals surface area contributed by atoms with Crippen LogP contribution in [0.25, 0.3) is 5.57 Å². The minimum atomic E-state index is -0.323. The first kappa shape index (κ1) is 24.0. The van der Waals surface area contributed by atoms with Crippen LogP contribution in [-0.4, -0.2) is 36.5 Å². The molecule has 2 aromatic rings. The second kappa shape index (κ2) is 10.8. The molecule has 0 bridgehead atoms. The SMILES string of the molecule is CCCCOCCCN1C(=O)C(Nc2cccc(Cl)c2C)=C(c2ccc(C)c(C)c2)C1=O. The standard InChI is InChI=1S/C26H31ClN2O3/c1-5-6-14-32-15-8-13-29-25(30)23(20-12-11-17(2)18(3)16-20)24(26(29)31)28-22-10-7-9-21(27)19(22)4/h7,9-12,16,28H,5-6,8,13-15H2,1-4H3. The van der Waals surface area contributed by atoms with Crippen LogP contribution in [0.5, 0.6) is 0 Å². The minimum absolute atomic E-state index is 0.283. The first-order valence-electron chi connectivity index (χ1n) is 11.1. The summed E-state index contributed by atoms with van der Waals surface area (Å²) in [5, 5.41) is 3.81. The molecule has 6 heteroatoms. The van der Waals surface area contributed by atoms with E-state index in [1.54, 1.807) is 6.07 Å². The number of carbonyl (C=O) groups excluding carboxylic acids is 2. The number of rotatable bonds is 10. The van der Waals surface area contributed by atoms with E-state index in [2.05, 4.69) is 12.2 Å². The van der Waals surface area contributed by atoms with Gasteiger partial charge < -0.3 is 10.1 Å². The van der Waals surface area contributed by atoms with Crippen molar-refractivity contribution in [1.29, 1.82) is 0 Å². The Morgan fingerprint density at radius 1 is 0.969 bits per heavy atom. The zero-order chi connectivity index (χ0) is 23.3. The number of unbranched alkanes of at least 4 members (excludes halogenated alkanes) is 1. The van der Waals surface area contributed by atoms with Crippen molar-refractivity contribution in [1.82, 2.24) is 4.90 Å². The summed E-state index contributed by atoms with van der Waals surface area (Å²) in [4.78, 5) is 28.0. The molecule has 0 fully saturated rings. The molecule has 0 unspecified atom stereocenters. The predicted octanol–water partition coefficient (Wildman–Crippen LogP) is 5.66. The molecule has 2 amide bonds. The molecule has 170 valence electrons. The quantitative estimate of drug-likeness (QED) is 0.371. The molecule has 0 saturated heterocycles. The highest BCUT2D eigenvalue weighted by molar-refractivity contribution is 6.36. The largest absolute Gasteiger partial charge is 0.381 e. The molecular weight excluding hydrogens is 424 g/mol. The predicted molar refractivity (Wildman–Crippen MR) is 130 cm³/mol. The van der Waals surface area contributed by atoms with E-state index in [-0.39, 0.29) is 17.5 Å². The molecule has 0 saturated carbocycles. The molecule has 0 aliphatic carbocycles. The van der Waals surface area contributed by atoms with Gasteiger partial charge in [0.05, 0.1) is 5.57 Å². The lowest BCUT2D eigenvalue weighted by Gasteiger charge is -2.16. The number of amides is 2. The lowest BCUT2D eigenvalue weighted by Crippen LogP contribution is -2.34. The van der Waals surface area contributed by atoms with Crippen LogP contribution < -0.4 is 5.32 Å².